The van der Waals surface area contributed by atoms with Crippen molar-refractivity contribution in [3.8, 4) is 17.7 Å². The molecule has 0 saturated carbocycles. The standard InChI is InChI=1S/C13H10ClN3O/c1-2-12-16-11(14)7-13(17-12)18-10-5-3-4-9(6-10)8-15/h3-7H,2H2,1H3. The second-order valence-electron chi connectivity index (χ2n) is 3.54. The Labute approximate surface area is 110 Å². The lowest BCUT2D eigenvalue weighted by Gasteiger charge is -2.06. The molecular weight excluding hydrogens is 250 g/mol. The molecule has 0 amide bonds. The Bertz CT molecular complexity index is 607. The van der Waals surface area contributed by atoms with E-state index in [4.69, 9.17) is 21.6 Å². The number of ether oxygens (including phenoxy) is 1. The van der Waals surface area contributed by atoms with Crippen LogP contribution in [0, 0.1) is 11.3 Å². The van der Waals surface area contributed by atoms with E-state index in [1.165, 1.54) is 0 Å². The molecule has 18 heavy (non-hydrogen) atoms. The Hall–Kier alpha value is -2.12. The number of rotatable bonds is 3. The second kappa shape index (κ2) is 5.48. The average Bonchev–Trinajstić information content (AvgIpc) is 2.38. The molecule has 1 aromatic carbocycles. The summed E-state index contributed by atoms with van der Waals surface area (Å²) in [6.07, 6.45) is 0.676. The summed E-state index contributed by atoms with van der Waals surface area (Å²) in [6, 6.07) is 10.4. The number of halogens is 1. The smallest absolute Gasteiger partial charge is 0.224 e. The van der Waals surface area contributed by atoms with Crippen LogP contribution in [0.15, 0.2) is 30.3 Å². The lowest BCUT2D eigenvalue weighted by molar-refractivity contribution is 0.458. The zero-order valence-electron chi connectivity index (χ0n) is 9.72. The van der Waals surface area contributed by atoms with Crippen molar-refractivity contribution in [2.45, 2.75) is 13.3 Å². The molecule has 1 aromatic heterocycles. The second-order valence-corrected chi connectivity index (χ2v) is 3.93. The average molecular weight is 260 g/mol. The molecule has 0 bridgehead atoms. The molecule has 0 aliphatic heterocycles. The fraction of sp³-hybridized carbons (Fsp3) is 0.154. The minimum absolute atomic E-state index is 0.341. The Kier molecular flexibility index (Phi) is 3.75. The zero-order chi connectivity index (χ0) is 13.0. The van der Waals surface area contributed by atoms with Gasteiger partial charge in [0, 0.05) is 12.5 Å². The first-order valence-corrected chi connectivity index (χ1v) is 5.80. The molecule has 5 heteroatoms. The number of aromatic nitrogens is 2. The first-order valence-electron chi connectivity index (χ1n) is 5.42. The Morgan fingerprint density at radius 1 is 1.33 bits per heavy atom. The van der Waals surface area contributed by atoms with Crippen LogP contribution in [-0.4, -0.2) is 9.97 Å². The van der Waals surface area contributed by atoms with Crippen LogP contribution in [0.5, 0.6) is 11.6 Å². The molecule has 0 fully saturated rings. The number of hydrogen-bond acceptors (Lipinski definition) is 4. The highest BCUT2D eigenvalue weighted by Crippen LogP contribution is 2.22. The van der Waals surface area contributed by atoms with Gasteiger partial charge in [0.2, 0.25) is 5.88 Å². The number of nitriles is 1. The maximum atomic E-state index is 8.80. The minimum atomic E-state index is 0.341. The van der Waals surface area contributed by atoms with E-state index in [9.17, 15) is 0 Å². The van der Waals surface area contributed by atoms with Gasteiger partial charge in [0.15, 0.2) is 0 Å². The van der Waals surface area contributed by atoms with Crippen molar-refractivity contribution >= 4 is 11.6 Å². The molecule has 0 radical (unpaired) electrons. The van der Waals surface area contributed by atoms with Crippen molar-refractivity contribution < 1.29 is 4.74 Å². The van der Waals surface area contributed by atoms with Gasteiger partial charge in [-0.1, -0.05) is 24.6 Å². The maximum Gasteiger partial charge on any atom is 0.224 e. The van der Waals surface area contributed by atoms with Gasteiger partial charge in [-0.3, -0.25) is 0 Å². The van der Waals surface area contributed by atoms with E-state index < -0.39 is 0 Å². The quantitative estimate of drug-likeness (QED) is 0.793. The first kappa shape index (κ1) is 12.3. The summed E-state index contributed by atoms with van der Waals surface area (Å²) in [5.74, 6) is 1.54. The Morgan fingerprint density at radius 3 is 2.89 bits per heavy atom. The van der Waals surface area contributed by atoms with Crippen LogP contribution in [-0.2, 0) is 6.42 Å². The van der Waals surface area contributed by atoms with Gasteiger partial charge in [-0.2, -0.15) is 10.2 Å². The molecule has 0 spiro atoms. The van der Waals surface area contributed by atoms with Crippen molar-refractivity contribution in [1.29, 1.82) is 5.26 Å². The van der Waals surface area contributed by atoms with Crippen LogP contribution in [0.3, 0.4) is 0 Å². The molecule has 1 heterocycles. The normalized spacial score (nSPS) is 9.83. The molecule has 2 rings (SSSR count). The molecule has 0 saturated heterocycles. The minimum Gasteiger partial charge on any atom is -0.439 e. The lowest BCUT2D eigenvalue weighted by atomic mass is 10.2. The summed E-state index contributed by atoms with van der Waals surface area (Å²) >= 11 is 5.87. The lowest BCUT2D eigenvalue weighted by Crippen LogP contribution is -1.96. The third-order valence-corrected chi connectivity index (χ3v) is 2.41. The van der Waals surface area contributed by atoms with Crippen molar-refractivity contribution in [3.05, 3.63) is 46.9 Å². The van der Waals surface area contributed by atoms with Crippen LogP contribution in [0.1, 0.15) is 18.3 Å². The zero-order valence-corrected chi connectivity index (χ0v) is 10.5. The third-order valence-electron chi connectivity index (χ3n) is 2.22. The van der Waals surface area contributed by atoms with E-state index >= 15 is 0 Å². The molecule has 0 aliphatic carbocycles. The maximum absolute atomic E-state index is 8.80. The van der Waals surface area contributed by atoms with Gasteiger partial charge >= 0.3 is 0 Å². The van der Waals surface area contributed by atoms with Gasteiger partial charge < -0.3 is 4.74 Å². The number of aryl methyl sites for hydroxylation is 1. The van der Waals surface area contributed by atoms with Crippen LogP contribution < -0.4 is 4.74 Å². The van der Waals surface area contributed by atoms with Gasteiger partial charge in [-0.15, -0.1) is 0 Å². The number of hydrogen-bond donors (Lipinski definition) is 0. The van der Waals surface area contributed by atoms with Crippen LogP contribution in [0.4, 0.5) is 0 Å². The summed E-state index contributed by atoms with van der Waals surface area (Å²) in [4.78, 5) is 8.25. The fourth-order valence-electron chi connectivity index (χ4n) is 1.40. The van der Waals surface area contributed by atoms with Crippen molar-refractivity contribution in [2.24, 2.45) is 0 Å². The predicted octanol–water partition coefficient (Wildman–Crippen LogP) is 3.36. The summed E-state index contributed by atoms with van der Waals surface area (Å²) in [6.45, 7) is 1.94. The first-order chi connectivity index (χ1) is 8.71. The largest absolute Gasteiger partial charge is 0.439 e. The van der Waals surface area contributed by atoms with Gasteiger partial charge in [0.25, 0.3) is 0 Å². The van der Waals surface area contributed by atoms with Crippen molar-refractivity contribution in [2.75, 3.05) is 0 Å². The molecule has 0 atom stereocenters. The summed E-state index contributed by atoms with van der Waals surface area (Å²) < 4.78 is 5.56. The number of benzene rings is 1. The highest BCUT2D eigenvalue weighted by atomic mass is 35.5. The molecule has 0 aliphatic rings. The van der Waals surface area contributed by atoms with E-state index in [1.54, 1.807) is 30.3 Å². The summed E-state index contributed by atoms with van der Waals surface area (Å²) in [5, 5.41) is 9.14. The van der Waals surface area contributed by atoms with E-state index in [0.717, 1.165) is 0 Å². The third kappa shape index (κ3) is 2.96. The van der Waals surface area contributed by atoms with E-state index in [0.29, 0.717) is 34.6 Å². The summed E-state index contributed by atoms with van der Waals surface area (Å²) in [5.41, 5.74) is 0.531. The predicted molar refractivity (Wildman–Crippen MR) is 67.7 cm³/mol. The molecule has 4 nitrogen and oxygen atoms in total. The van der Waals surface area contributed by atoms with Gasteiger partial charge in [0.1, 0.15) is 16.7 Å². The highest BCUT2D eigenvalue weighted by Gasteiger charge is 2.04. The molecule has 2 aromatic rings. The summed E-state index contributed by atoms with van der Waals surface area (Å²) in [7, 11) is 0. The van der Waals surface area contributed by atoms with Crippen LogP contribution in [0.2, 0.25) is 5.15 Å². The van der Waals surface area contributed by atoms with E-state index in [1.807, 2.05) is 13.0 Å². The molecule has 90 valence electrons. The van der Waals surface area contributed by atoms with Crippen molar-refractivity contribution in [1.82, 2.24) is 9.97 Å². The van der Waals surface area contributed by atoms with Gasteiger partial charge in [0.05, 0.1) is 11.6 Å². The molecule has 0 unspecified atom stereocenters. The topological polar surface area (TPSA) is 58.8 Å². The number of nitrogens with zero attached hydrogens (tertiary/aromatic N) is 3. The Balaban J connectivity index is 2.28. The van der Waals surface area contributed by atoms with Gasteiger partial charge in [-0.05, 0) is 18.2 Å². The van der Waals surface area contributed by atoms with Crippen LogP contribution in [0.25, 0.3) is 0 Å². The van der Waals surface area contributed by atoms with Crippen molar-refractivity contribution in [3.63, 3.8) is 0 Å². The SMILES string of the molecule is CCc1nc(Cl)cc(Oc2cccc(C#N)c2)n1. The van der Waals surface area contributed by atoms with Crippen LogP contribution >= 0.6 is 11.6 Å². The molecule has 0 N–H and O–H groups in total. The monoisotopic (exact) mass is 259 g/mol. The fourth-order valence-corrected chi connectivity index (χ4v) is 1.59. The molecular formula is C13H10ClN3O. The van der Waals surface area contributed by atoms with Gasteiger partial charge in [-0.25, -0.2) is 4.98 Å². The highest BCUT2D eigenvalue weighted by molar-refractivity contribution is 6.29. The van der Waals surface area contributed by atoms with E-state index in [-0.39, 0.29) is 0 Å². The van der Waals surface area contributed by atoms with E-state index in [2.05, 4.69) is 9.97 Å². The Morgan fingerprint density at radius 2 is 2.17 bits per heavy atom.